The van der Waals surface area contributed by atoms with Crippen molar-refractivity contribution in [2.24, 2.45) is 0 Å². The lowest BCUT2D eigenvalue weighted by molar-refractivity contribution is 0.400. The van der Waals surface area contributed by atoms with E-state index < -0.39 is 0 Å². The van der Waals surface area contributed by atoms with E-state index in [2.05, 4.69) is 58.2 Å². The molecule has 2 nitrogen and oxygen atoms in total. The van der Waals surface area contributed by atoms with E-state index in [1.165, 1.54) is 53.2 Å². The zero-order valence-electron chi connectivity index (χ0n) is 15.5. The molecule has 132 valence electrons. The van der Waals surface area contributed by atoms with Crippen molar-refractivity contribution in [3.05, 3.63) is 54.3 Å². The molecule has 1 N–H and O–H groups in total. The Hall–Kier alpha value is -1.47. The van der Waals surface area contributed by atoms with Crippen LogP contribution in [-0.4, -0.2) is 31.3 Å². The summed E-state index contributed by atoms with van der Waals surface area (Å²) in [6.45, 7) is 16.8. The van der Waals surface area contributed by atoms with Crippen LogP contribution >= 0.6 is 9.24 Å². The summed E-state index contributed by atoms with van der Waals surface area (Å²) in [5.41, 5.74) is 7.81. The van der Waals surface area contributed by atoms with Crippen LogP contribution in [0.4, 0.5) is 0 Å². The quantitative estimate of drug-likeness (QED) is 0.461. The molecule has 2 unspecified atom stereocenters. The maximum absolute atomic E-state index is 4.33. The Morgan fingerprint density at radius 3 is 2.88 bits per heavy atom. The number of benzene rings is 1. The summed E-state index contributed by atoms with van der Waals surface area (Å²) in [5, 5.41) is 5.01. The van der Waals surface area contributed by atoms with Gasteiger partial charge in [0.2, 0.25) is 0 Å². The molecule has 2 heterocycles. The normalized spacial score (nSPS) is 18.6. The summed E-state index contributed by atoms with van der Waals surface area (Å²) < 4.78 is 0. The van der Waals surface area contributed by atoms with Crippen LogP contribution in [0.1, 0.15) is 37.3 Å². The Bertz CT molecular complexity index is 710. The summed E-state index contributed by atoms with van der Waals surface area (Å²) in [7, 11) is 4.15. The standard InChI is InChI=1S/C21H30BN2P/c1-14(2)5-6-15(3)24-12-10-18(13-24)23-16(4)19-8-7-17-9-11-22-20(17)21(19)25/h7-8,18,22-23H,1,3-6,9-13,25H2,2H3. The van der Waals surface area contributed by atoms with Crippen LogP contribution in [0.15, 0.2) is 43.1 Å². The van der Waals surface area contributed by atoms with E-state index in [1.807, 2.05) is 0 Å². The maximum atomic E-state index is 4.33. The molecule has 4 heteroatoms. The summed E-state index contributed by atoms with van der Waals surface area (Å²) >= 11 is 0. The molecule has 0 bridgehead atoms. The molecule has 0 amide bonds. The van der Waals surface area contributed by atoms with Gasteiger partial charge in [-0.2, -0.15) is 0 Å². The molecule has 25 heavy (non-hydrogen) atoms. The number of likely N-dealkylation sites (tertiary alicyclic amines) is 1. The minimum absolute atomic E-state index is 0.451. The van der Waals surface area contributed by atoms with Crippen molar-refractivity contribution in [2.75, 3.05) is 13.1 Å². The summed E-state index contributed by atoms with van der Waals surface area (Å²) in [6.07, 6.45) is 5.70. The molecule has 1 saturated heterocycles. The smallest absolute Gasteiger partial charge is 0.159 e. The van der Waals surface area contributed by atoms with Crippen LogP contribution in [0.25, 0.3) is 5.70 Å². The van der Waals surface area contributed by atoms with Crippen LogP contribution in [0.5, 0.6) is 0 Å². The van der Waals surface area contributed by atoms with Gasteiger partial charge in [-0.15, -0.1) is 15.8 Å². The van der Waals surface area contributed by atoms with E-state index in [-0.39, 0.29) is 0 Å². The second kappa shape index (κ2) is 7.83. The molecule has 1 aromatic rings. The third-order valence-electron chi connectivity index (χ3n) is 5.51. The first-order valence-electron chi connectivity index (χ1n) is 9.39. The molecule has 1 fully saturated rings. The van der Waals surface area contributed by atoms with Gasteiger partial charge in [-0.3, -0.25) is 0 Å². The van der Waals surface area contributed by atoms with Gasteiger partial charge in [0.05, 0.1) is 0 Å². The predicted octanol–water partition coefficient (Wildman–Crippen LogP) is 2.73. The molecule has 0 saturated carbocycles. The first kappa shape index (κ1) is 18.3. The molecule has 0 radical (unpaired) electrons. The van der Waals surface area contributed by atoms with Crippen molar-refractivity contribution in [1.82, 2.24) is 10.2 Å². The first-order valence-corrected chi connectivity index (χ1v) is 9.96. The van der Waals surface area contributed by atoms with E-state index in [4.69, 9.17) is 0 Å². The number of aryl methyl sites for hydroxylation is 1. The van der Waals surface area contributed by atoms with Gasteiger partial charge in [0.15, 0.2) is 7.28 Å². The van der Waals surface area contributed by atoms with E-state index in [1.54, 1.807) is 0 Å². The van der Waals surface area contributed by atoms with Gasteiger partial charge < -0.3 is 10.2 Å². The van der Waals surface area contributed by atoms with Gasteiger partial charge in [0.25, 0.3) is 0 Å². The highest BCUT2D eigenvalue weighted by atomic mass is 31.0. The third kappa shape index (κ3) is 4.21. The molecular formula is C21H30BN2P. The Kier molecular flexibility index (Phi) is 5.74. The fourth-order valence-corrected chi connectivity index (χ4v) is 4.56. The lowest BCUT2D eigenvalue weighted by Crippen LogP contribution is -2.34. The number of nitrogens with zero attached hydrogens (tertiary/aromatic N) is 1. The highest BCUT2D eigenvalue weighted by molar-refractivity contribution is 7.29. The van der Waals surface area contributed by atoms with Gasteiger partial charge in [-0.05, 0) is 37.9 Å². The van der Waals surface area contributed by atoms with Crippen LogP contribution in [0.2, 0.25) is 6.32 Å². The molecule has 3 rings (SSSR count). The fraction of sp³-hybridized carbons (Fsp3) is 0.429. The summed E-state index contributed by atoms with van der Waals surface area (Å²) in [4.78, 5) is 2.41. The van der Waals surface area contributed by atoms with Gasteiger partial charge >= 0.3 is 0 Å². The average Bonchev–Trinajstić information content (AvgIpc) is 3.22. The van der Waals surface area contributed by atoms with Crippen molar-refractivity contribution < 1.29 is 0 Å². The Labute approximate surface area is 155 Å². The largest absolute Gasteiger partial charge is 0.380 e. The van der Waals surface area contributed by atoms with Crippen molar-refractivity contribution in [3.8, 4) is 0 Å². The molecule has 0 spiro atoms. The number of nitrogens with one attached hydrogen (secondary N) is 1. The highest BCUT2D eigenvalue weighted by Gasteiger charge is 2.24. The van der Waals surface area contributed by atoms with E-state index in [9.17, 15) is 0 Å². The maximum Gasteiger partial charge on any atom is 0.159 e. The molecule has 1 aromatic carbocycles. The first-order chi connectivity index (χ1) is 12.0. The molecule has 2 aliphatic heterocycles. The predicted molar refractivity (Wildman–Crippen MR) is 116 cm³/mol. The van der Waals surface area contributed by atoms with Gasteiger partial charge in [-0.1, -0.05) is 48.2 Å². The second-order valence-electron chi connectivity index (χ2n) is 7.60. The summed E-state index contributed by atoms with van der Waals surface area (Å²) in [6, 6.07) is 4.98. The van der Waals surface area contributed by atoms with E-state index in [0.29, 0.717) is 6.04 Å². The lowest BCUT2D eigenvalue weighted by atomic mass is 9.71. The van der Waals surface area contributed by atoms with Crippen molar-refractivity contribution >= 4 is 33.0 Å². The number of hydrogen-bond donors (Lipinski definition) is 1. The van der Waals surface area contributed by atoms with Crippen LogP contribution in [0.3, 0.4) is 0 Å². The highest BCUT2D eigenvalue weighted by Crippen LogP contribution is 2.22. The molecular weight excluding hydrogens is 322 g/mol. The number of hydrogen-bond acceptors (Lipinski definition) is 2. The number of allylic oxidation sites excluding steroid dienone is 2. The minimum atomic E-state index is 0.451. The number of rotatable bonds is 7. The van der Waals surface area contributed by atoms with Crippen LogP contribution < -0.4 is 16.1 Å². The van der Waals surface area contributed by atoms with Crippen LogP contribution in [0, 0.1) is 0 Å². The topological polar surface area (TPSA) is 15.3 Å². The Morgan fingerprint density at radius 1 is 1.32 bits per heavy atom. The molecule has 2 aliphatic rings. The summed E-state index contributed by atoms with van der Waals surface area (Å²) in [5.74, 6) is 0. The van der Waals surface area contributed by atoms with E-state index >= 15 is 0 Å². The second-order valence-corrected chi connectivity index (χ2v) is 8.17. The van der Waals surface area contributed by atoms with Gasteiger partial charge in [0.1, 0.15) is 0 Å². The van der Waals surface area contributed by atoms with Crippen LogP contribution in [-0.2, 0) is 6.42 Å². The van der Waals surface area contributed by atoms with Crippen molar-refractivity contribution in [2.45, 2.75) is 45.0 Å². The van der Waals surface area contributed by atoms with Crippen molar-refractivity contribution in [1.29, 1.82) is 0 Å². The monoisotopic (exact) mass is 352 g/mol. The van der Waals surface area contributed by atoms with Gasteiger partial charge in [-0.25, -0.2) is 0 Å². The minimum Gasteiger partial charge on any atom is -0.380 e. The Morgan fingerprint density at radius 2 is 2.12 bits per heavy atom. The lowest BCUT2D eigenvalue weighted by Gasteiger charge is -2.23. The Balaban J connectivity index is 1.58. The molecule has 0 aliphatic carbocycles. The van der Waals surface area contributed by atoms with Crippen molar-refractivity contribution in [3.63, 3.8) is 0 Å². The third-order valence-corrected chi connectivity index (χ3v) is 6.17. The zero-order valence-corrected chi connectivity index (χ0v) is 16.7. The molecule has 0 aromatic heterocycles. The van der Waals surface area contributed by atoms with Gasteiger partial charge in [0, 0.05) is 36.1 Å². The van der Waals surface area contributed by atoms with E-state index in [0.717, 1.165) is 38.0 Å². The number of fused-ring (bicyclic) bond motifs is 1. The molecule has 2 atom stereocenters. The SMILES string of the molecule is C=C(C)CCC(=C)N1CCC(NC(=C)c2ccc3c(c2P)BCC3)C1. The average molecular weight is 352 g/mol. The fourth-order valence-electron chi connectivity index (χ4n) is 3.96. The zero-order chi connectivity index (χ0) is 18.0.